The maximum atomic E-state index is 11.3. The van der Waals surface area contributed by atoms with E-state index in [0.717, 1.165) is 0 Å². The van der Waals surface area contributed by atoms with Crippen LogP contribution in [0.15, 0.2) is 0 Å². The third-order valence-corrected chi connectivity index (χ3v) is 2.23. The van der Waals surface area contributed by atoms with Gasteiger partial charge >= 0.3 is 6.09 Å². The normalized spacial score (nSPS) is 13.2. The molecule has 1 atom stereocenters. The number of hydrogen-bond donors (Lipinski definition) is 3. The Balaban J connectivity index is 4.43. The summed E-state index contributed by atoms with van der Waals surface area (Å²) >= 11 is 0. The van der Waals surface area contributed by atoms with Gasteiger partial charge in [0.05, 0.1) is 5.41 Å². The number of nitrogens with one attached hydrogen (secondary N) is 2. The quantitative estimate of drug-likeness (QED) is 0.600. The molecule has 0 aromatic carbocycles. The summed E-state index contributed by atoms with van der Waals surface area (Å²) in [5, 5.41) is 13.2. The summed E-state index contributed by atoms with van der Waals surface area (Å²) in [6.45, 7) is 5.03. The lowest BCUT2D eigenvalue weighted by Gasteiger charge is -2.29. The van der Waals surface area contributed by atoms with Crippen LogP contribution in [-0.2, 0) is 4.79 Å². The summed E-state index contributed by atoms with van der Waals surface area (Å²) in [5.41, 5.74) is -0.743. The number of carboxylic acid groups (broad SMARTS) is 1. The molecule has 0 aliphatic carbocycles. The van der Waals surface area contributed by atoms with Crippen molar-refractivity contribution in [2.45, 2.75) is 26.8 Å². The van der Waals surface area contributed by atoms with E-state index in [-0.39, 0.29) is 5.91 Å². The van der Waals surface area contributed by atoms with Crippen molar-refractivity contribution in [1.82, 2.24) is 10.6 Å². The number of carbonyl (C=O) groups excluding carboxylic acids is 1. The highest BCUT2D eigenvalue weighted by atomic mass is 16.4. The molecule has 0 bridgehead atoms. The summed E-state index contributed by atoms with van der Waals surface area (Å²) in [6.07, 6.45) is -1.12. The summed E-state index contributed by atoms with van der Waals surface area (Å²) in [6, 6.07) is -0.426. The van der Waals surface area contributed by atoms with E-state index in [1.807, 2.05) is 0 Å². The van der Waals surface area contributed by atoms with Gasteiger partial charge in [-0.3, -0.25) is 4.79 Å². The predicted octanol–water partition coefficient (Wildman–Crippen LogP) is 0.415. The van der Waals surface area contributed by atoms with E-state index in [2.05, 4.69) is 10.6 Å². The molecule has 3 N–H and O–H groups in total. The van der Waals surface area contributed by atoms with Gasteiger partial charge < -0.3 is 15.7 Å². The van der Waals surface area contributed by atoms with Gasteiger partial charge in [-0.05, 0) is 20.8 Å². The first-order valence-electron chi connectivity index (χ1n) is 4.04. The molecule has 5 heteroatoms. The van der Waals surface area contributed by atoms with Gasteiger partial charge in [0.25, 0.3) is 0 Å². The molecular formula is C8H16N2O3. The Labute approximate surface area is 77.5 Å². The first kappa shape index (κ1) is 11.7. The lowest BCUT2D eigenvalue weighted by Crippen LogP contribution is -2.50. The molecule has 0 saturated carbocycles. The standard InChI is InChI=1S/C8H16N2O3/c1-5(10-7(12)13)8(2,3)6(11)9-4/h5,10H,1-4H3,(H,9,11)(H,12,13)/t5-/m1/s1. The van der Waals surface area contributed by atoms with Crippen LogP contribution in [-0.4, -0.2) is 30.2 Å². The minimum absolute atomic E-state index is 0.186. The highest BCUT2D eigenvalue weighted by molar-refractivity contribution is 5.83. The highest BCUT2D eigenvalue weighted by Gasteiger charge is 2.34. The molecule has 0 spiro atoms. The Kier molecular flexibility index (Phi) is 3.71. The number of rotatable bonds is 3. The molecule has 0 saturated heterocycles. The summed E-state index contributed by atoms with van der Waals surface area (Å²) in [7, 11) is 1.53. The molecule has 0 rings (SSSR count). The van der Waals surface area contributed by atoms with Crippen LogP contribution in [0.25, 0.3) is 0 Å². The monoisotopic (exact) mass is 188 g/mol. The molecule has 2 amide bonds. The number of amides is 2. The van der Waals surface area contributed by atoms with Crippen molar-refractivity contribution < 1.29 is 14.7 Å². The van der Waals surface area contributed by atoms with Crippen molar-refractivity contribution in [3.63, 3.8) is 0 Å². The SMILES string of the molecule is CNC(=O)C(C)(C)[C@@H](C)NC(=O)O. The third-order valence-electron chi connectivity index (χ3n) is 2.23. The van der Waals surface area contributed by atoms with Crippen LogP contribution >= 0.6 is 0 Å². The van der Waals surface area contributed by atoms with Crippen LogP contribution in [0.4, 0.5) is 4.79 Å². The fourth-order valence-electron chi connectivity index (χ4n) is 0.884. The van der Waals surface area contributed by atoms with Crippen LogP contribution in [0.3, 0.4) is 0 Å². The minimum Gasteiger partial charge on any atom is -0.465 e. The van der Waals surface area contributed by atoms with E-state index in [1.54, 1.807) is 20.8 Å². The fraction of sp³-hybridized carbons (Fsp3) is 0.750. The molecule has 0 unspecified atom stereocenters. The Morgan fingerprint density at radius 2 is 1.85 bits per heavy atom. The maximum Gasteiger partial charge on any atom is 0.404 e. The second kappa shape index (κ2) is 4.11. The highest BCUT2D eigenvalue weighted by Crippen LogP contribution is 2.20. The van der Waals surface area contributed by atoms with Gasteiger partial charge in [-0.2, -0.15) is 0 Å². The Morgan fingerprint density at radius 3 is 2.15 bits per heavy atom. The molecular weight excluding hydrogens is 172 g/mol. The second-order valence-electron chi connectivity index (χ2n) is 3.47. The summed E-state index contributed by atoms with van der Waals surface area (Å²) in [5.74, 6) is -0.186. The molecule has 0 aliphatic heterocycles. The van der Waals surface area contributed by atoms with Gasteiger partial charge in [0.2, 0.25) is 5.91 Å². The Morgan fingerprint density at radius 1 is 1.38 bits per heavy atom. The second-order valence-corrected chi connectivity index (χ2v) is 3.47. The van der Waals surface area contributed by atoms with Gasteiger partial charge in [-0.1, -0.05) is 0 Å². The van der Waals surface area contributed by atoms with E-state index in [4.69, 9.17) is 5.11 Å². The van der Waals surface area contributed by atoms with Crippen molar-refractivity contribution in [2.75, 3.05) is 7.05 Å². The average molecular weight is 188 g/mol. The van der Waals surface area contributed by atoms with E-state index in [1.165, 1.54) is 7.05 Å². The van der Waals surface area contributed by atoms with Gasteiger partial charge in [0.15, 0.2) is 0 Å². The molecule has 0 fully saturated rings. The van der Waals surface area contributed by atoms with Crippen molar-refractivity contribution in [2.24, 2.45) is 5.41 Å². The molecule has 76 valence electrons. The Hall–Kier alpha value is -1.26. The first-order chi connectivity index (χ1) is 5.82. The molecule has 0 aromatic rings. The summed E-state index contributed by atoms with van der Waals surface area (Å²) < 4.78 is 0. The van der Waals surface area contributed by atoms with E-state index in [9.17, 15) is 9.59 Å². The van der Waals surface area contributed by atoms with Crippen molar-refractivity contribution in [1.29, 1.82) is 0 Å². The zero-order chi connectivity index (χ0) is 10.6. The van der Waals surface area contributed by atoms with Crippen LogP contribution in [0.1, 0.15) is 20.8 Å². The molecule has 0 aromatic heterocycles. The fourth-order valence-corrected chi connectivity index (χ4v) is 0.884. The van der Waals surface area contributed by atoms with Gasteiger partial charge in [0.1, 0.15) is 0 Å². The number of carbonyl (C=O) groups is 2. The van der Waals surface area contributed by atoms with Crippen molar-refractivity contribution >= 4 is 12.0 Å². The summed E-state index contributed by atoms with van der Waals surface area (Å²) in [4.78, 5) is 21.6. The van der Waals surface area contributed by atoms with E-state index < -0.39 is 17.6 Å². The minimum atomic E-state index is -1.12. The van der Waals surface area contributed by atoms with Gasteiger partial charge in [-0.25, -0.2) is 4.79 Å². The molecule has 13 heavy (non-hydrogen) atoms. The molecule has 0 radical (unpaired) electrons. The lowest BCUT2D eigenvalue weighted by atomic mass is 9.84. The molecule has 0 aliphatic rings. The lowest BCUT2D eigenvalue weighted by molar-refractivity contribution is -0.129. The van der Waals surface area contributed by atoms with Crippen molar-refractivity contribution in [3.8, 4) is 0 Å². The Bertz CT molecular complexity index is 213. The van der Waals surface area contributed by atoms with Gasteiger partial charge in [0, 0.05) is 13.1 Å². The van der Waals surface area contributed by atoms with Gasteiger partial charge in [-0.15, -0.1) is 0 Å². The third kappa shape index (κ3) is 2.93. The zero-order valence-corrected chi connectivity index (χ0v) is 8.34. The van der Waals surface area contributed by atoms with E-state index >= 15 is 0 Å². The molecule has 0 heterocycles. The van der Waals surface area contributed by atoms with Crippen molar-refractivity contribution in [3.05, 3.63) is 0 Å². The average Bonchev–Trinajstić information content (AvgIpc) is 2.01. The zero-order valence-electron chi connectivity index (χ0n) is 8.34. The molecule has 5 nitrogen and oxygen atoms in total. The first-order valence-corrected chi connectivity index (χ1v) is 4.04. The predicted molar refractivity (Wildman–Crippen MR) is 48.5 cm³/mol. The smallest absolute Gasteiger partial charge is 0.404 e. The van der Waals surface area contributed by atoms with Crippen LogP contribution in [0.2, 0.25) is 0 Å². The maximum absolute atomic E-state index is 11.3. The van der Waals surface area contributed by atoms with E-state index in [0.29, 0.717) is 0 Å². The number of hydrogen-bond acceptors (Lipinski definition) is 2. The van der Waals surface area contributed by atoms with Crippen LogP contribution in [0, 0.1) is 5.41 Å². The van der Waals surface area contributed by atoms with Crippen LogP contribution in [0.5, 0.6) is 0 Å². The largest absolute Gasteiger partial charge is 0.465 e. The topological polar surface area (TPSA) is 78.4 Å². The van der Waals surface area contributed by atoms with Crippen LogP contribution < -0.4 is 10.6 Å².